The molecule has 1 N–H and O–H groups in total. The minimum atomic E-state index is 0.752. The van der Waals surface area contributed by atoms with Crippen molar-refractivity contribution < 1.29 is 4.74 Å². The first kappa shape index (κ1) is 12.3. The van der Waals surface area contributed by atoms with Crippen LogP contribution in [0.4, 0.5) is 0 Å². The second-order valence-corrected chi connectivity index (χ2v) is 5.00. The Bertz CT molecular complexity index is 192. The fraction of sp³-hybridized carbons (Fsp3) is 1.00. The summed E-state index contributed by atoms with van der Waals surface area (Å²) >= 11 is 0. The van der Waals surface area contributed by atoms with Crippen molar-refractivity contribution in [1.29, 1.82) is 0 Å². The number of hydrogen-bond acceptors (Lipinski definition) is 3. The Hall–Kier alpha value is -0.120. The van der Waals surface area contributed by atoms with Gasteiger partial charge in [0.2, 0.25) is 0 Å². The van der Waals surface area contributed by atoms with Crippen LogP contribution < -0.4 is 5.32 Å². The van der Waals surface area contributed by atoms with Crippen LogP contribution in [0.5, 0.6) is 0 Å². The molecule has 2 aliphatic rings. The van der Waals surface area contributed by atoms with E-state index in [2.05, 4.69) is 17.1 Å². The summed E-state index contributed by atoms with van der Waals surface area (Å²) in [4.78, 5) is 2.65. The number of rotatable bonds is 5. The Morgan fingerprint density at radius 2 is 2.19 bits per heavy atom. The van der Waals surface area contributed by atoms with Crippen molar-refractivity contribution in [3.63, 3.8) is 0 Å². The third kappa shape index (κ3) is 3.19. The summed E-state index contributed by atoms with van der Waals surface area (Å²) in [6, 6.07) is 1.53. The Balaban J connectivity index is 1.81. The highest BCUT2D eigenvalue weighted by molar-refractivity contribution is 4.90. The lowest BCUT2D eigenvalue weighted by Gasteiger charge is -2.39. The highest BCUT2D eigenvalue weighted by atomic mass is 16.5. The monoisotopic (exact) mass is 226 g/mol. The predicted molar refractivity (Wildman–Crippen MR) is 66.7 cm³/mol. The van der Waals surface area contributed by atoms with Gasteiger partial charge in [0.15, 0.2) is 0 Å². The van der Waals surface area contributed by atoms with Crippen LogP contribution in [-0.2, 0) is 4.74 Å². The van der Waals surface area contributed by atoms with Gasteiger partial charge in [0.05, 0.1) is 6.61 Å². The van der Waals surface area contributed by atoms with E-state index in [-0.39, 0.29) is 0 Å². The van der Waals surface area contributed by atoms with Crippen molar-refractivity contribution in [3.05, 3.63) is 0 Å². The maximum atomic E-state index is 5.49. The van der Waals surface area contributed by atoms with E-state index < -0.39 is 0 Å². The molecular weight excluding hydrogens is 200 g/mol. The number of hydrogen-bond donors (Lipinski definition) is 1. The molecule has 2 fully saturated rings. The normalized spacial score (nSPS) is 32.1. The molecule has 0 aliphatic carbocycles. The summed E-state index contributed by atoms with van der Waals surface area (Å²) < 4.78 is 5.49. The van der Waals surface area contributed by atoms with Crippen molar-refractivity contribution in [2.45, 2.75) is 51.1 Å². The molecule has 94 valence electrons. The maximum Gasteiger partial charge on any atom is 0.0593 e. The van der Waals surface area contributed by atoms with Gasteiger partial charge in [-0.2, -0.15) is 0 Å². The average Bonchev–Trinajstić information content (AvgIpc) is 2.83. The van der Waals surface area contributed by atoms with Crippen LogP contribution >= 0.6 is 0 Å². The van der Waals surface area contributed by atoms with Crippen molar-refractivity contribution in [1.82, 2.24) is 10.2 Å². The van der Waals surface area contributed by atoms with E-state index in [1.807, 2.05) is 0 Å². The van der Waals surface area contributed by atoms with Crippen LogP contribution in [0, 0.1) is 0 Å². The van der Waals surface area contributed by atoms with Crippen LogP contribution in [0.3, 0.4) is 0 Å². The molecule has 0 radical (unpaired) electrons. The Morgan fingerprint density at radius 1 is 1.25 bits per heavy atom. The van der Waals surface area contributed by atoms with Crippen molar-refractivity contribution in [2.75, 3.05) is 32.8 Å². The maximum absolute atomic E-state index is 5.49. The first-order valence-corrected chi connectivity index (χ1v) is 6.97. The van der Waals surface area contributed by atoms with Crippen LogP contribution in [-0.4, -0.2) is 49.8 Å². The van der Waals surface area contributed by atoms with Crippen LogP contribution in [0.2, 0.25) is 0 Å². The predicted octanol–water partition coefficient (Wildman–Crippen LogP) is 1.63. The molecule has 0 aromatic heterocycles. The summed E-state index contributed by atoms with van der Waals surface area (Å²) in [5.74, 6) is 0. The van der Waals surface area contributed by atoms with Crippen LogP contribution in [0.25, 0.3) is 0 Å². The van der Waals surface area contributed by atoms with Gasteiger partial charge in [-0.15, -0.1) is 0 Å². The Labute approximate surface area is 99.5 Å². The molecule has 0 amide bonds. The fourth-order valence-corrected chi connectivity index (χ4v) is 3.12. The Morgan fingerprint density at radius 3 is 2.94 bits per heavy atom. The molecule has 0 bridgehead atoms. The summed E-state index contributed by atoms with van der Waals surface area (Å²) in [5.41, 5.74) is 0. The molecule has 2 rings (SSSR count). The minimum absolute atomic E-state index is 0.752. The van der Waals surface area contributed by atoms with Crippen molar-refractivity contribution in [2.24, 2.45) is 0 Å². The lowest BCUT2D eigenvalue weighted by molar-refractivity contribution is 0.0655. The molecule has 16 heavy (non-hydrogen) atoms. The molecule has 0 saturated carbocycles. The highest BCUT2D eigenvalue weighted by Gasteiger charge is 2.30. The molecule has 2 heterocycles. The molecule has 0 aromatic rings. The standard InChI is InChI=1S/C13H26N2O/c1-2-16-11-10-15-9-4-3-7-13(15)12-6-5-8-14-12/h12-14H,2-11H2,1H3. The van der Waals surface area contributed by atoms with E-state index >= 15 is 0 Å². The lowest BCUT2D eigenvalue weighted by atomic mass is 9.94. The second-order valence-electron chi connectivity index (χ2n) is 5.00. The lowest BCUT2D eigenvalue weighted by Crippen LogP contribution is -2.51. The van der Waals surface area contributed by atoms with Gasteiger partial charge < -0.3 is 10.1 Å². The summed E-state index contributed by atoms with van der Waals surface area (Å²) in [5, 5.41) is 3.66. The van der Waals surface area contributed by atoms with Crippen molar-refractivity contribution in [3.8, 4) is 0 Å². The fourth-order valence-electron chi connectivity index (χ4n) is 3.12. The summed E-state index contributed by atoms with van der Waals surface area (Å²) in [6.07, 6.45) is 6.89. The van der Waals surface area contributed by atoms with E-state index in [9.17, 15) is 0 Å². The second kappa shape index (κ2) is 6.58. The molecule has 3 heteroatoms. The van der Waals surface area contributed by atoms with Crippen LogP contribution in [0.15, 0.2) is 0 Å². The third-order valence-corrected chi connectivity index (χ3v) is 3.95. The molecule has 0 spiro atoms. The molecule has 3 nitrogen and oxygen atoms in total. The first-order valence-electron chi connectivity index (χ1n) is 6.97. The number of nitrogens with one attached hydrogen (secondary N) is 1. The highest BCUT2D eigenvalue weighted by Crippen LogP contribution is 2.23. The quantitative estimate of drug-likeness (QED) is 0.721. The molecule has 0 aromatic carbocycles. The van der Waals surface area contributed by atoms with E-state index in [4.69, 9.17) is 4.74 Å². The van der Waals surface area contributed by atoms with Gasteiger partial charge >= 0.3 is 0 Å². The third-order valence-electron chi connectivity index (χ3n) is 3.95. The zero-order chi connectivity index (χ0) is 11.2. The number of likely N-dealkylation sites (tertiary alicyclic amines) is 1. The van der Waals surface area contributed by atoms with E-state index in [1.165, 1.54) is 45.2 Å². The SMILES string of the molecule is CCOCCN1CCCCC1C1CCCN1. The van der Waals surface area contributed by atoms with Gasteiger partial charge in [-0.25, -0.2) is 0 Å². The van der Waals surface area contributed by atoms with Crippen LogP contribution in [0.1, 0.15) is 39.0 Å². The molecule has 2 aliphatic heterocycles. The summed E-state index contributed by atoms with van der Waals surface area (Å²) in [6.45, 7) is 7.44. The number of nitrogens with zero attached hydrogens (tertiary/aromatic N) is 1. The molecule has 2 unspecified atom stereocenters. The minimum Gasteiger partial charge on any atom is -0.380 e. The van der Waals surface area contributed by atoms with E-state index in [1.54, 1.807) is 0 Å². The zero-order valence-corrected chi connectivity index (χ0v) is 10.6. The molecule has 2 atom stereocenters. The Kier molecular flexibility index (Phi) is 5.07. The van der Waals surface area contributed by atoms with Gasteiger partial charge in [-0.1, -0.05) is 6.42 Å². The van der Waals surface area contributed by atoms with Gasteiger partial charge in [0.25, 0.3) is 0 Å². The molecule has 2 saturated heterocycles. The van der Waals surface area contributed by atoms with Crippen molar-refractivity contribution >= 4 is 0 Å². The topological polar surface area (TPSA) is 24.5 Å². The first-order chi connectivity index (χ1) is 7.92. The van der Waals surface area contributed by atoms with Gasteiger partial charge in [-0.3, -0.25) is 4.90 Å². The average molecular weight is 226 g/mol. The number of ether oxygens (including phenoxy) is 1. The van der Waals surface area contributed by atoms with Gasteiger partial charge in [0.1, 0.15) is 0 Å². The molecular formula is C13H26N2O. The van der Waals surface area contributed by atoms with E-state index in [0.717, 1.165) is 31.8 Å². The van der Waals surface area contributed by atoms with E-state index in [0.29, 0.717) is 0 Å². The smallest absolute Gasteiger partial charge is 0.0593 e. The zero-order valence-electron chi connectivity index (χ0n) is 10.6. The summed E-state index contributed by atoms with van der Waals surface area (Å²) in [7, 11) is 0. The van der Waals surface area contributed by atoms with Gasteiger partial charge in [-0.05, 0) is 45.7 Å². The van der Waals surface area contributed by atoms with Gasteiger partial charge in [0, 0.05) is 25.2 Å². The number of piperidine rings is 1. The largest absolute Gasteiger partial charge is 0.380 e.